The van der Waals surface area contributed by atoms with Crippen LogP contribution in [0.25, 0.3) is 0 Å². The second-order valence-electron chi connectivity index (χ2n) is 6.69. The molecule has 0 radical (unpaired) electrons. The van der Waals surface area contributed by atoms with Crippen molar-refractivity contribution in [3.8, 4) is 0 Å². The molecule has 0 aromatic heterocycles. The maximum absolute atomic E-state index is 12.1. The maximum Gasteiger partial charge on any atom is 0.241 e. The molecule has 1 heterocycles. The standard InChI is InChI=1S/C12H13BrN2O3/c13-11-6-3-7(11)5-8(12(11)17-1-2-18-12)4(6)10(3,5)9(16)15-14/h3-8H,1-2,14H2,(H,15,16)/t3?,4-,5-,6+,7+,8?,10?,11?/m0/s1. The van der Waals surface area contributed by atoms with Crippen LogP contribution in [-0.2, 0) is 14.3 Å². The molecule has 0 aromatic carbocycles. The zero-order valence-electron chi connectivity index (χ0n) is 9.56. The summed E-state index contributed by atoms with van der Waals surface area (Å²) in [7, 11) is 0. The Morgan fingerprint density at radius 2 is 1.67 bits per heavy atom. The van der Waals surface area contributed by atoms with Crippen LogP contribution in [0.15, 0.2) is 0 Å². The maximum atomic E-state index is 12.1. The van der Waals surface area contributed by atoms with E-state index < -0.39 is 5.79 Å². The first-order valence-electron chi connectivity index (χ1n) is 6.65. The second kappa shape index (κ2) is 2.20. The molecule has 1 amide bonds. The first-order valence-corrected chi connectivity index (χ1v) is 7.44. The van der Waals surface area contributed by atoms with Crippen LogP contribution in [0, 0.1) is 40.9 Å². The van der Waals surface area contributed by atoms with Crippen LogP contribution in [0.2, 0.25) is 0 Å². The summed E-state index contributed by atoms with van der Waals surface area (Å²) in [6.07, 6.45) is 0. The SMILES string of the molecule is NNC(=O)C12C3[C@@H]4[C@H]1C1[C@@H]2[C@@H]3C4(Br)C12OCCO2. The van der Waals surface area contributed by atoms with Crippen LogP contribution in [0.3, 0.4) is 0 Å². The van der Waals surface area contributed by atoms with Crippen molar-refractivity contribution in [1.82, 2.24) is 5.43 Å². The molecule has 6 aliphatic carbocycles. The number of hydrazine groups is 1. The van der Waals surface area contributed by atoms with Gasteiger partial charge in [0, 0.05) is 5.92 Å². The van der Waals surface area contributed by atoms with Gasteiger partial charge in [-0.1, -0.05) is 15.9 Å². The van der Waals surface area contributed by atoms with Gasteiger partial charge in [0.2, 0.25) is 5.91 Å². The number of nitrogens with two attached hydrogens (primary N) is 1. The second-order valence-corrected chi connectivity index (χ2v) is 8.01. The van der Waals surface area contributed by atoms with Gasteiger partial charge >= 0.3 is 0 Å². The third-order valence-electron chi connectivity index (χ3n) is 7.16. The zero-order valence-corrected chi connectivity index (χ0v) is 11.1. The number of hydrogen-bond acceptors (Lipinski definition) is 4. The van der Waals surface area contributed by atoms with Crippen LogP contribution in [0.4, 0.5) is 0 Å². The molecule has 7 aliphatic rings. The van der Waals surface area contributed by atoms with E-state index >= 15 is 0 Å². The molecule has 0 unspecified atom stereocenters. The molecule has 96 valence electrons. The van der Waals surface area contributed by atoms with Gasteiger partial charge in [-0.05, 0) is 29.6 Å². The monoisotopic (exact) mass is 312 g/mol. The highest BCUT2D eigenvalue weighted by Gasteiger charge is 3.10. The minimum atomic E-state index is -0.428. The topological polar surface area (TPSA) is 73.6 Å². The lowest BCUT2D eigenvalue weighted by atomic mass is 9.13. The van der Waals surface area contributed by atoms with Crippen LogP contribution in [0.5, 0.6) is 0 Å². The summed E-state index contributed by atoms with van der Waals surface area (Å²) in [6, 6.07) is 0. The van der Waals surface area contributed by atoms with Gasteiger partial charge in [0.25, 0.3) is 0 Å². The molecule has 0 aromatic rings. The Morgan fingerprint density at radius 3 is 2.22 bits per heavy atom. The van der Waals surface area contributed by atoms with Crippen molar-refractivity contribution < 1.29 is 14.3 Å². The largest absolute Gasteiger partial charge is 0.346 e. The number of carbonyl (C=O) groups is 1. The Hall–Kier alpha value is -0.170. The summed E-state index contributed by atoms with van der Waals surface area (Å²) in [4.78, 5) is 12.1. The van der Waals surface area contributed by atoms with Gasteiger partial charge < -0.3 is 9.47 Å². The summed E-state index contributed by atoms with van der Waals surface area (Å²) in [6.45, 7) is 1.37. The van der Waals surface area contributed by atoms with E-state index in [1.165, 1.54) is 0 Å². The minimum absolute atomic E-state index is 0.00219. The van der Waals surface area contributed by atoms with Gasteiger partial charge in [0.15, 0.2) is 5.79 Å². The number of hydrogen-bond donors (Lipinski definition) is 2. The Labute approximate surface area is 112 Å². The van der Waals surface area contributed by atoms with Crippen molar-refractivity contribution in [1.29, 1.82) is 0 Å². The average molecular weight is 313 g/mol. The van der Waals surface area contributed by atoms with E-state index in [0.29, 0.717) is 48.7 Å². The molecule has 1 aliphatic heterocycles. The van der Waals surface area contributed by atoms with Crippen molar-refractivity contribution >= 4 is 21.8 Å². The molecular weight excluding hydrogens is 300 g/mol. The van der Waals surface area contributed by atoms with E-state index in [0.717, 1.165) is 0 Å². The molecule has 6 saturated carbocycles. The predicted octanol–water partition coefficient (Wildman–Crippen LogP) is -0.395. The summed E-state index contributed by atoms with van der Waals surface area (Å²) in [5.74, 6) is 7.92. The van der Waals surface area contributed by atoms with Gasteiger partial charge in [0.05, 0.1) is 23.0 Å². The first-order chi connectivity index (χ1) is 8.67. The van der Waals surface area contributed by atoms with Gasteiger partial charge in [-0.3, -0.25) is 10.2 Å². The smallest absolute Gasteiger partial charge is 0.241 e. The van der Waals surface area contributed by atoms with Crippen molar-refractivity contribution in [3.05, 3.63) is 0 Å². The molecule has 7 fully saturated rings. The van der Waals surface area contributed by atoms with E-state index in [1.54, 1.807) is 0 Å². The zero-order chi connectivity index (χ0) is 12.1. The molecule has 1 saturated heterocycles. The molecule has 1 spiro atoms. The molecule has 7 rings (SSSR count). The predicted molar refractivity (Wildman–Crippen MR) is 62.0 cm³/mol. The molecule has 2 bridgehead atoms. The number of ether oxygens (including phenoxy) is 2. The fourth-order valence-electron chi connectivity index (χ4n) is 7.20. The number of halogens is 1. The lowest BCUT2D eigenvalue weighted by molar-refractivity contribution is -0.416. The van der Waals surface area contributed by atoms with Crippen molar-refractivity contribution in [2.45, 2.75) is 10.1 Å². The van der Waals surface area contributed by atoms with Gasteiger partial charge in [0.1, 0.15) is 0 Å². The normalized spacial score (nSPS) is 69.9. The average Bonchev–Trinajstić information content (AvgIpc) is 2.89. The first kappa shape index (κ1) is 9.69. The molecule has 3 N–H and O–H groups in total. The fourth-order valence-corrected chi connectivity index (χ4v) is 8.83. The Bertz CT molecular complexity index is 511. The van der Waals surface area contributed by atoms with Gasteiger partial charge in [-0.2, -0.15) is 0 Å². The number of carbonyl (C=O) groups excluding carboxylic acids is 1. The molecule has 18 heavy (non-hydrogen) atoms. The number of alkyl halides is 1. The van der Waals surface area contributed by atoms with Crippen LogP contribution < -0.4 is 11.3 Å². The van der Waals surface area contributed by atoms with E-state index in [-0.39, 0.29) is 15.6 Å². The Kier molecular flexibility index (Phi) is 1.18. The van der Waals surface area contributed by atoms with Crippen molar-refractivity contribution in [3.63, 3.8) is 0 Å². The molecule has 4 atom stereocenters. The third-order valence-corrected chi connectivity index (χ3v) is 8.77. The number of amides is 1. The number of rotatable bonds is 1. The van der Waals surface area contributed by atoms with Crippen LogP contribution >= 0.6 is 15.9 Å². The molecule has 5 nitrogen and oxygen atoms in total. The minimum Gasteiger partial charge on any atom is -0.346 e. The fraction of sp³-hybridized carbons (Fsp3) is 0.917. The molecular formula is C12H13BrN2O3. The third kappa shape index (κ3) is 0.473. The summed E-state index contributed by atoms with van der Waals surface area (Å²) < 4.78 is 12.1. The van der Waals surface area contributed by atoms with Gasteiger partial charge in [-0.25, -0.2) is 5.84 Å². The highest BCUT2D eigenvalue weighted by Crippen LogP contribution is 3.04. The van der Waals surface area contributed by atoms with E-state index in [2.05, 4.69) is 21.4 Å². The van der Waals surface area contributed by atoms with Gasteiger partial charge in [-0.15, -0.1) is 0 Å². The van der Waals surface area contributed by atoms with Crippen LogP contribution in [0.1, 0.15) is 0 Å². The quantitative estimate of drug-likeness (QED) is 0.299. The lowest BCUT2D eigenvalue weighted by Crippen LogP contribution is -2.94. The van der Waals surface area contributed by atoms with Crippen LogP contribution in [-0.4, -0.2) is 29.2 Å². The Balaban J connectivity index is 1.53. The summed E-state index contributed by atoms with van der Waals surface area (Å²) in [5.41, 5.74) is 2.24. The van der Waals surface area contributed by atoms with E-state index in [4.69, 9.17) is 15.3 Å². The van der Waals surface area contributed by atoms with E-state index in [9.17, 15) is 4.79 Å². The summed E-state index contributed by atoms with van der Waals surface area (Å²) >= 11 is 3.96. The van der Waals surface area contributed by atoms with Crippen molar-refractivity contribution in [2.75, 3.05) is 13.2 Å². The van der Waals surface area contributed by atoms with Crippen molar-refractivity contribution in [2.24, 2.45) is 46.8 Å². The lowest BCUT2D eigenvalue weighted by Gasteiger charge is -2.90. The van der Waals surface area contributed by atoms with E-state index in [1.807, 2.05) is 0 Å². The molecule has 6 heteroatoms. The highest BCUT2D eigenvalue weighted by molar-refractivity contribution is 9.10. The summed E-state index contributed by atoms with van der Waals surface area (Å²) in [5, 5.41) is 0. The highest BCUT2D eigenvalue weighted by atomic mass is 79.9. The number of nitrogens with one attached hydrogen (secondary N) is 1. The Morgan fingerprint density at radius 1 is 1.11 bits per heavy atom.